The van der Waals surface area contributed by atoms with Crippen molar-refractivity contribution in [1.29, 1.82) is 0 Å². The first kappa shape index (κ1) is 18.4. The zero-order chi connectivity index (χ0) is 18.4. The molecule has 0 bridgehead atoms. The molecule has 0 aliphatic rings. The first-order valence-electron chi connectivity index (χ1n) is 8.10. The molecular weight excluding hydrogens is 322 g/mol. The average Bonchev–Trinajstić information content (AvgIpc) is 2.90. The van der Waals surface area contributed by atoms with Gasteiger partial charge in [-0.25, -0.2) is 9.78 Å². The SMILES string of the molecule is CCOC(=O)C(=O)c1c(NC(=O)Cc2ccccc2)nc(C)n1CC. The number of aryl methyl sites for hydroxylation is 1. The summed E-state index contributed by atoms with van der Waals surface area (Å²) in [6, 6.07) is 9.21. The molecule has 0 spiro atoms. The molecule has 0 unspecified atom stereocenters. The van der Waals surface area contributed by atoms with Gasteiger partial charge in [0.15, 0.2) is 5.82 Å². The van der Waals surface area contributed by atoms with Crippen LogP contribution in [0.4, 0.5) is 5.82 Å². The fourth-order valence-electron chi connectivity index (χ4n) is 2.52. The Morgan fingerprint density at radius 3 is 2.44 bits per heavy atom. The molecule has 0 atom stereocenters. The average molecular weight is 343 g/mol. The highest BCUT2D eigenvalue weighted by Gasteiger charge is 2.28. The van der Waals surface area contributed by atoms with Gasteiger partial charge in [0.25, 0.3) is 5.78 Å². The Hall–Kier alpha value is -2.96. The molecule has 2 rings (SSSR count). The largest absolute Gasteiger partial charge is 0.460 e. The number of ether oxygens (including phenoxy) is 1. The number of nitrogens with zero attached hydrogens (tertiary/aromatic N) is 2. The van der Waals surface area contributed by atoms with Crippen LogP contribution in [0.3, 0.4) is 0 Å². The van der Waals surface area contributed by atoms with Gasteiger partial charge in [-0.2, -0.15) is 0 Å². The first-order chi connectivity index (χ1) is 12.0. The zero-order valence-corrected chi connectivity index (χ0v) is 14.5. The Labute approximate surface area is 146 Å². The molecular formula is C18H21N3O4. The lowest BCUT2D eigenvalue weighted by Crippen LogP contribution is -2.24. The topological polar surface area (TPSA) is 90.3 Å². The highest BCUT2D eigenvalue weighted by Crippen LogP contribution is 2.19. The predicted molar refractivity (Wildman–Crippen MR) is 92.4 cm³/mol. The normalized spacial score (nSPS) is 10.4. The van der Waals surface area contributed by atoms with Crippen LogP contribution in [0.25, 0.3) is 0 Å². The van der Waals surface area contributed by atoms with Crippen molar-refractivity contribution in [3.63, 3.8) is 0 Å². The van der Waals surface area contributed by atoms with Crippen molar-refractivity contribution in [3.05, 3.63) is 47.4 Å². The predicted octanol–water partition coefficient (Wildman–Crippen LogP) is 2.14. The number of esters is 1. The molecule has 0 saturated carbocycles. The summed E-state index contributed by atoms with van der Waals surface area (Å²) < 4.78 is 6.36. The van der Waals surface area contributed by atoms with Gasteiger partial charge in [0, 0.05) is 6.54 Å². The van der Waals surface area contributed by atoms with Crippen LogP contribution in [-0.4, -0.2) is 33.8 Å². The molecule has 1 aromatic carbocycles. The summed E-state index contributed by atoms with van der Waals surface area (Å²) in [6.45, 7) is 5.69. The number of carbonyl (C=O) groups is 3. The van der Waals surface area contributed by atoms with Crippen LogP contribution in [0.2, 0.25) is 0 Å². The maximum Gasteiger partial charge on any atom is 0.381 e. The standard InChI is InChI=1S/C18H21N3O4/c1-4-21-12(3)19-17(15(21)16(23)18(24)25-5-2)20-14(22)11-13-9-7-6-8-10-13/h6-10H,4-5,11H2,1-3H3,(H,20,22). The first-order valence-corrected chi connectivity index (χ1v) is 8.10. The van der Waals surface area contributed by atoms with Crippen molar-refractivity contribution in [1.82, 2.24) is 9.55 Å². The lowest BCUT2D eigenvalue weighted by Gasteiger charge is -2.08. The third-order valence-corrected chi connectivity index (χ3v) is 3.62. The number of rotatable bonds is 7. The van der Waals surface area contributed by atoms with E-state index >= 15 is 0 Å². The van der Waals surface area contributed by atoms with Gasteiger partial charge >= 0.3 is 5.97 Å². The maximum absolute atomic E-state index is 12.4. The number of amides is 1. The highest BCUT2D eigenvalue weighted by atomic mass is 16.5. The minimum atomic E-state index is -0.962. The van der Waals surface area contributed by atoms with Gasteiger partial charge in [-0.05, 0) is 26.3 Å². The molecule has 132 valence electrons. The number of aromatic nitrogens is 2. The van der Waals surface area contributed by atoms with E-state index in [0.29, 0.717) is 12.4 Å². The number of ketones is 1. The molecule has 2 aromatic rings. The van der Waals surface area contributed by atoms with Crippen molar-refractivity contribution in [2.24, 2.45) is 0 Å². The summed E-state index contributed by atoms with van der Waals surface area (Å²) in [7, 11) is 0. The quantitative estimate of drug-likeness (QED) is 0.472. The summed E-state index contributed by atoms with van der Waals surface area (Å²) in [5.41, 5.74) is 0.879. The zero-order valence-electron chi connectivity index (χ0n) is 14.5. The van der Waals surface area contributed by atoms with E-state index in [2.05, 4.69) is 10.3 Å². The molecule has 0 fully saturated rings. The number of anilines is 1. The van der Waals surface area contributed by atoms with E-state index in [1.807, 2.05) is 37.3 Å². The van der Waals surface area contributed by atoms with Gasteiger partial charge in [0.2, 0.25) is 5.91 Å². The lowest BCUT2D eigenvalue weighted by atomic mass is 10.1. The van der Waals surface area contributed by atoms with Crippen molar-refractivity contribution in [2.45, 2.75) is 33.7 Å². The van der Waals surface area contributed by atoms with Crippen molar-refractivity contribution in [2.75, 3.05) is 11.9 Å². The Morgan fingerprint density at radius 1 is 1.16 bits per heavy atom. The number of nitrogens with one attached hydrogen (secondary N) is 1. The number of benzene rings is 1. The van der Waals surface area contributed by atoms with Crippen LogP contribution in [0.1, 0.15) is 35.7 Å². The van der Waals surface area contributed by atoms with Gasteiger partial charge < -0.3 is 14.6 Å². The van der Waals surface area contributed by atoms with E-state index in [1.54, 1.807) is 18.4 Å². The Morgan fingerprint density at radius 2 is 1.84 bits per heavy atom. The number of imidazole rings is 1. The fraction of sp³-hybridized carbons (Fsp3) is 0.333. The second-order valence-electron chi connectivity index (χ2n) is 5.36. The van der Waals surface area contributed by atoms with Crippen LogP contribution in [-0.2, 0) is 27.3 Å². The van der Waals surface area contributed by atoms with Crippen molar-refractivity contribution < 1.29 is 19.1 Å². The third kappa shape index (κ3) is 4.32. The minimum Gasteiger partial charge on any atom is -0.460 e. The van der Waals surface area contributed by atoms with E-state index in [-0.39, 0.29) is 30.4 Å². The summed E-state index contributed by atoms with van der Waals surface area (Å²) >= 11 is 0. The second kappa shape index (κ2) is 8.23. The van der Waals surface area contributed by atoms with Crippen LogP contribution < -0.4 is 5.32 Å². The summed E-state index contributed by atoms with van der Waals surface area (Å²) in [5.74, 6) is -1.48. The van der Waals surface area contributed by atoms with E-state index in [9.17, 15) is 14.4 Å². The van der Waals surface area contributed by atoms with Gasteiger partial charge in [-0.3, -0.25) is 9.59 Å². The Balaban J connectivity index is 2.26. The van der Waals surface area contributed by atoms with Crippen molar-refractivity contribution in [3.8, 4) is 0 Å². The lowest BCUT2D eigenvalue weighted by molar-refractivity contribution is -0.137. The van der Waals surface area contributed by atoms with E-state index in [4.69, 9.17) is 4.74 Å². The van der Waals surface area contributed by atoms with Crippen LogP contribution in [0.15, 0.2) is 30.3 Å². The molecule has 1 heterocycles. The third-order valence-electron chi connectivity index (χ3n) is 3.62. The molecule has 0 radical (unpaired) electrons. The molecule has 1 aromatic heterocycles. The molecule has 1 amide bonds. The smallest absolute Gasteiger partial charge is 0.381 e. The summed E-state index contributed by atoms with van der Waals surface area (Å²) in [5, 5.41) is 2.63. The molecule has 7 heteroatoms. The van der Waals surface area contributed by atoms with Gasteiger partial charge in [0.1, 0.15) is 11.5 Å². The Kier molecular flexibility index (Phi) is 6.05. The van der Waals surface area contributed by atoms with Crippen LogP contribution in [0, 0.1) is 6.92 Å². The summed E-state index contributed by atoms with van der Waals surface area (Å²) in [4.78, 5) is 40.7. The second-order valence-corrected chi connectivity index (χ2v) is 5.36. The number of carbonyl (C=O) groups excluding carboxylic acids is 3. The van der Waals surface area contributed by atoms with Crippen LogP contribution >= 0.6 is 0 Å². The maximum atomic E-state index is 12.4. The molecule has 0 aliphatic carbocycles. The van der Waals surface area contributed by atoms with E-state index in [1.165, 1.54) is 0 Å². The highest BCUT2D eigenvalue weighted by molar-refractivity contribution is 6.41. The number of hydrogen-bond acceptors (Lipinski definition) is 5. The fourth-order valence-corrected chi connectivity index (χ4v) is 2.52. The molecule has 25 heavy (non-hydrogen) atoms. The van der Waals surface area contributed by atoms with E-state index < -0.39 is 11.8 Å². The number of Topliss-reactive ketones (excluding diaryl/α,β-unsaturated/α-hetero) is 1. The van der Waals surface area contributed by atoms with Gasteiger partial charge in [-0.1, -0.05) is 30.3 Å². The van der Waals surface area contributed by atoms with Gasteiger partial charge in [0.05, 0.1) is 13.0 Å². The van der Waals surface area contributed by atoms with Gasteiger partial charge in [-0.15, -0.1) is 0 Å². The number of hydrogen-bond donors (Lipinski definition) is 1. The van der Waals surface area contributed by atoms with Crippen molar-refractivity contribution >= 4 is 23.5 Å². The molecule has 1 N–H and O–H groups in total. The molecule has 0 aliphatic heterocycles. The monoisotopic (exact) mass is 343 g/mol. The van der Waals surface area contributed by atoms with Crippen LogP contribution in [0.5, 0.6) is 0 Å². The molecule has 0 saturated heterocycles. The molecule has 7 nitrogen and oxygen atoms in total. The van der Waals surface area contributed by atoms with E-state index in [0.717, 1.165) is 5.56 Å². The minimum absolute atomic E-state index is 0.0415. The summed E-state index contributed by atoms with van der Waals surface area (Å²) in [6.07, 6.45) is 0.145. The Bertz CT molecular complexity index is 781.